The number of methoxy groups -OCH3 is 1. The highest BCUT2D eigenvalue weighted by molar-refractivity contribution is 5.90. The molecule has 3 rings (SSSR count). The summed E-state index contributed by atoms with van der Waals surface area (Å²) in [5.41, 5.74) is 3.45. The van der Waals surface area contributed by atoms with Crippen molar-refractivity contribution in [3.8, 4) is 17.1 Å². The highest BCUT2D eigenvalue weighted by Gasteiger charge is 2.15. The van der Waals surface area contributed by atoms with Gasteiger partial charge in [0.05, 0.1) is 29.9 Å². The van der Waals surface area contributed by atoms with Crippen LogP contribution in [0.2, 0.25) is 0 Å². The van der Waals surface area contributed by atoms with Gasteiger partial charge in [0.1, 0.15) is 17.3 Å². The first-order chi connectivity index (χ1) is 13.6. The van der Waals surface area contributed by atoms with Crippen LogP contribution in [0.4, 0.5) is 16.2 Å². The van der Waals surface area contributed by atoms with Gasteiger partial charge in [-0.15, -0.1) is 0 Å². The fourth-order valence-corrected chi connectivity index (χ4v) is 2.40. The molecule has 0 spiro atoms. The number of benzene rings is 2. The third-order valence-electron chi connectivity index (χ3n) is 3.68. The molecular formula is C19H16N4O5. The lowest BCUT2D eigenvalue weighted by Gasteiger charge is -2.05. The topological polar surface area (TPSA) is 119 Å². The molecule has 0 aliphatic carbocycles. The summed E-state index contributed by atoms with van der Waals surface area (Å²) >= 11 is 0. The lowest BCUT2D eigenvalue weighted by molar-refractivity contribution is -0.384. The minimum Gasteiger partial charge on any atom is -0.496 e. The van der Waals surface area contributed by atoms with E-state index in [0.717, 1.165) is 0 Å². The van der Waals surface area contributed by atoms with E-state index in [9.17, 15) is 14.9 Å². The number of ether oxygens (including phenoxy) is 1. The van der Waals surface area contributed by atoms with Crippen molar-refractivity contribution in [1.29, 1.82) is 0 Å². The summed E-state index contributed by atoms with van der Waals surface area (Å²) in [6.07, 6.45) is 1.34. The van der Waals surface area contributed by atoms with E-state index < -0.39 is 11.0 Å². The Morgan fingerprint density at radius 2 is 1.96 bits per heavy atom. The molecule has 0 saturated heterocycles. The summed E-state index contributed by atoms with van der Waals surface area (Å²) < 4.78 is 10.8. The van der Waals surface area contributed by atoms with Gasteiger partial charge < -0.3 is 14.5 Å². The third-order valence-corrected chi connectivity index (χ3v) is 3.68. The molecule has 2 aromatic carbocycles. The van der Waals surface area contributed by atoms with Gasteiger partial charge >= 0.3 is 6.03 Å². The summed E-state index contributed by atoms with van der Waals surface area (Å²) in [5, 5.41) is 17.3. The van der Waals surface area contributed by atoms with Crippen LogP contribution in [0.25, 0.3) is 11.3 Å². The van der Waals surface area contributed by atoms with Crippen LogP contribution in [-0.4, -0.2) is 24.3 Å². The van der Waals surface area contributed by atoms with Gasteiger partial charge in [-0.3, -0.25) is 10.1 Å². The molecule has 0 unspecified atom stereocenters. The highest BCUT2D eigenvalue weighted by atomic mass is 16.6. The fourth-order valence-electron chi connectivity index (χ4n) is 2.40. The zero-order valence-electron chi connectivity index (χ0n) is 14.8. The van der Waals surface area contributed by atoms with Gasteiger partial charge in [-0.1, -0.05) is 18.2 Å². The van der Waals surface area contributed by atoms with E-state index in [1.807, 2.05) is 6.07 Å². The van der Waals surface area contributed by atoms with Crippen LogP contribution in [-0.2, 0) is 0 Å². The maximum absolute atomic E-state index is 11.8. The monoisotopic (exact) mass is 380 g/mol. The number of nitro benzene ring substituents is 1. The second-order valence-electron chi connectivity index (χ2n) is 5.53. The van der Waals surface area contributed by atoms with E-state index in [-0.39, 0.29) is 5.69 Å². The summed E-state index contributed by atoms with van der Waals surface area (Å²) in [6, 6.07) is 16.0. The first-order valence-electron chi connectivity index (χ1n) is 8.14. The Bertz CT molecular complexity index is 1010. The Hall–Kier alpha value is -4.14. The second kappa shape index (κ2) is 8.49. The largest absolute Gasteiger partial charge is 0.496 e. The predicted molar refractivity (Wildman–Crippen MR) is 104 cm³/mol. The normalized spacial score (nSPS) is 10.6. The van der Waals surface area contributed by atoms with Crippen molar-refractivity contribution in [1.82, 2.24) is 5.43 Å². The van der Waals surface area contributed by atoms with Crippen LogP contribution in [0.3, 0.4) is 0 Å². The molecule has 2 amide bonds. The number of nitrogens with zero attached hydrogens (tertiary/aromatic N) is 2. The van der Waals surface area contributed by atoms with Gasteiger partial charge in [-0.25, -0.2) is 10.2 Å². The molecule has 28 heavy (non-hydrogen) atoms. The number of carbonyl (C=O) groups excluding carboxylic acids is 1. The van der Waals surface area contributed by atoms with Crippen LogP contribution in [0.1, 0.15) is 5.76 Å². The first-order valence-corrected chi connectivity index (χ1v) is 8.14. The zero-order chi connectivity index (χ0) is 19.9. The molecule has 0 aliphatic heterocycles. The van der Waals surface area contributed by atoms with Gasteiger partial charge in [0.25, 0.3) is 5.69 Å². The van der Waals surface area contributed by atoms with E-state index >= 15 is 0 Å². The van der Waals surface area contributed by atoms with Gasteiger partial charge in [0.15, 0.2) is 0 Å². The molecule has 142 valence electrons. The van der Waals surface area contributed by atoms with Crippen LogP contribution in [0, 0.1) is 10.1 Å². The van der Waals surface area contributed by atoms with Crippen molar-refractivity contribution in [2.75, 3.05) is 12.4 Å². The summed E-state index contributed by atoms with van der Waals surface area (Å²) in [4.78, 5) is 22.1. The Morgan fingerprint density at radius 3 is 2.68 bits per heavy atom. The number of hydrogen-bond acceptors (Lipinski definition) is 6. The van der Waals surface area contributed by atoms with Gasteiger partial charge in [0.2, 0.25) is 0 Å². The third kappa shape index (κ3) is 4.52. The molecule has 1 aromatic heterocycles. The summed E-state index contributed by atoms with van der Waals surface area (Å²) in [5.74, 6) is 1.14. The van der Waals surface area contributed by atoms with Gasteiger partial charge in [0, 0.05) is 11.8 Å². The molecule has 1 heterocycles. The Kier molecular flexibility index (Phi) is 5.66. The van der Waals surface area contributed by atoms with Crippen molar-refractivity contribution in [3.63, 3.8) is 0 Å². The minimum absolute atomic E-state index is 0.0810. The number of hydrazone groups is 1. The van der Waals surface area contributed by atoms with E-state index in [0.29, 0.717) is 28.5 Å². The predicted octanol–water partition coefficient (Wildman–Crippen LogP) is 4.02. The lowest BCUT2D eigenvalue weighted by atomic mass is 10.1. The number of amides is 2. The Morgan fingerprint density at radius 1 is 1.18 bits per heavy atom. The molecular weight excluding hydrogens is 364 g/mol. The van der Waals surface area contributed by atoms with E-state index in [1.54, 1.807) is 42.5 Å². The quantitative estimate of drug-likeness (QED) is 0.380. The molecule has 0 atom stereocenters. The molecule has 9 heteroatoms. The van der Waals surface area contributed by atoms with Crippen molar-refractivity contribution in [2.45, 2.75) is 0 Å². The number of non-ortho nitro benzene ring substituents is 1. The number of anilines is 1. The smallest absolute Gasteiger partial charge is 0.339 e. The maximum atomic E-state index is 11.8. The maximum Gasteiger partial charge on any atom is 0.339 e. The van der Waals surface area contributed by atoms with Crippen LogP contribution in [0.5, 0.6) is 5.75 Å². The molecule has 0 fully saturated rings. The molecule has 9 nitrogen and oxygen atoms in total. The fraction of sp³-hybridized carbons (Fsp3) is 0.0526. The number of urea groups is 1. The molecule has 3 aromatic rings. The number of nitrogens with one attached hydrogen (secondary N) is 2. The lowest BCUT2D eigenvalue weighted by Crippen LogP contribution is -2.24. The van der Waals surface area contributed by atoms with Crippen LogP contribution >= 0.6 is 0 Å². The number of carbonyl (C=O) groups is 1. The Labute approximate surface area is 159 Å². The van der Waals surface area contributed by atoms with Crippen molar-refractivity contribution in [3.05, 3.63) is 76.5 Å². The SMILES string of the molecule is COc1cc([N+](=O)[O-])ccc1-c1ccc(/C=N/NC(=O)Nc2ccccc2)o1. The standard InChI is InChI=1S/C19H16N4O5/c1-27-18-11-14(23(25)26)7-9-16(18)17-10-8-15(28-17)12-20-22-19(24)21-13-5-3-2-4-6-13/h2-12H,1H3,(H2,21,22,24)/b20-12+. The molecule has 0 bridgehead atoms. The minimum atomic E-state index is -0.501. The number of nitro groups is 1. The number of furan rings is 1. The van der Waals surface area contributed by atoms with Gasteiger partial charge in [-0.05, 0) is 30.3 Å². The van der Waals surface area contributed by atoms with Crippen molar-refractivity contribution < 1.29 is 18.9 Å². The molecule has 0 saturated carbocycles. The summed E-state index contributed by atoms with van der Waals surface area (Å²) in [6.45, 7) is 0. The van der Waals surface area contributed by atoms with E-state index in [1.165, 1.54) is 25.5 Å². The van der Waals surface area contributed by atoms with Crippen molar-refractivity contribution >= 4 is 23.6 Å². The van der Waals surface area contributed by atoms with Crippen LogP contribution in [0.15, 0.2) is 70.2 Å². The molecule has 2 N–H and O–H groups in total. The van der Waals surface area contributed by atoms with Gasteiger partial charge in [-0.2, -0.15) is 5.10 Å². The zero-order valence-corrected chi connectivity index (χ0v) is 14.8. The average molecular weight is 380 g/mol. The second-order valence-corrected chi connectivity index (χ2v) is 5.53. The number of para-hydroxylation sites is 1. The first kappa shape index (κ1) is 18.6. The molecule has 0 radical (unpaired) electrons. The highest BCUT2D eigenvalue weighted by Crippen LogP contribution is 2.33. The average Bonchev–Trinajstić information content (AvgIpc) is 3.16. The van der Waals surface area contributed by atoms with Crippen LogP contribution < -0.4 is 15.5 Å². The molecule has 0 aliphatic rings. The number of hydrogen-bond donors (Lipinski definition) is 2. The van der Waals surface area contributed by atoms with E-state index in [2.05, 4.69) is 15.8 Å². The van der Waals surface area contributed by atoms with Crippen molar-refractivity contribution in [2.24, 2.45) is 5.10 Å². The van der Waals surface area contributed by atoms with E-state index in [4.69, 9.17) is 9.15 Å². The summed E-state index contributed by atoms with van der Waals surface area (Å²) in [7, 11) is 1.42. The Balaban J connectivity index is 1.66. The number of rotatable bonds is 6.